The predicted octanol–water partition coefficient (Wildman–Crippen LogP) is 4.41. The first-order valence-electron chi connectivity index (χ1n) is 11.8. The summed E-state index contributed by atoms with van der Waals surface area (Å²) in [6.07, 6.45) is 0.538. The number of fused-ring (bicyclic) bond motifs is 5. The van der Waals surface area contributed by atoms with Crippen molar-refractivity contribution in [1.29, 1.82) is 0 Å². The number of para-hydroxylation sites is 1. The topological polar surface area (TPSA) is 70.8 Å². The molecular formula is C29H24N2O4. The molecule has 0 radical (unpaired) electrons. The third kappa shape index (κ3) is 2.80. The van der Waals surface area contributed by atoms with E-state index in [1.54, 1.807) is 21.9 Å². The van der Waals surface area contributed by atoms with Gasteiger partial charge >= 0.3 is 0 Å². The SMILES string of the molecule is CCN1C(=O)C2(c3ccccc31)c1c(oc3ccc(C)cc3c1=O)C(=O)N2CCc1ccccc1. The second-order valence-electron chi connectivity index (χ2n) is 9.10. The van der Waals surface area contributed by atoms with E-state index in [9.17, 15) is 14.4 Å². The van der Waals surface area contributed by atoms with Crippen molar-refractivity contribution in [3.05, 3.63) is 111 Å². The zero-order valence-electron chi connectivity index (χ0n) is 19.6. The Morgan fingerprint density at radius 1 is 0.914 bits per heavy atom. The molecule has 0 aliphatic carbocycles. The van der Waals surface area contributed by atoms with Crippen LogP contribution in [0, 0.1) is 6.92 Å². The molecule has 0 saturated carbocycles. The molecule has 174 valence electrons. The summed E-state index contributed by atoms with van der Waals surface area (Å²) >= 11 is 0. The molecule has 2 aliphatic heterocycles. The Kier molecular flexibility index (Phi) is 4.68. The molecule has 2 aliphatic rings. The number of likely N-dealkylation sites (N-methyl/N-ethyl adjacent to an activating group) is 1. The van der Waals surface area contributed by atoms with Gasteiger partial charge in [-0.2, -0.15) is 0 Å². The molecule has 0 N–H and O–H groups in total. The van der Waals surface area contributed by atoms with Gasteiger partial charge in [-0.1, -0.05) is 60.2 Å². The lowest BCUT2D eigenvalue weighted by atomic mass is 9.83. The lowest BCUT2D eigenvalue weighted by Gasteiger charge is -2.34. The summed E-state index contributed by atoms with van der Waals surface area (Å²) in [7, 11) is 0. The molecule has 0 bridgehead atoms. The first-order chi connectivity index (χ1) is 17.0. The number of benzene rings is 3. The maximum Gasteiger partial charge on any atom is 0.291 e. The first-order valence-corrected chi connectivity index (χ1v) is 11.8. The average Bonchev–Trinajstić information content (AvgIpc) is 3.27. The van der Waals surface area contributed by atoms with Gasteiger partial charge < -0.3 is 14.2 Å². The van der Waals surface area contributed by atoms with Crippen molar-refractivity contribution in [2.75, 3.05) is 18.0 Å². The van der Waals surface area contributed by atoms with Gasteiger partial charge in [0.1, 0.15) is 5.58 Å². The Morgan fingerprint density at radius 2 is 1.66 bits per heavy atom. The smallest absolute Gasteiger partial charge is 0.291 e. The third-order valence-corrected chi connectivity index (χ3v) is 7.17. The summed E-state index contributed by atoms with van der Waals surface area (Å²) in [4.78, 5) is 45.4. The number of carbonyl (C=O) groups excluding carboxylic acids is 2. The number of hydrogen-bond acceptors (Lipinski definition) is 4. The fraction of sp³-hybridized carbons (Fsp3) is 0.207. The van der Waals surface area contributed by atoms with Crippen LogP contribution in [0.2, 0.25) is 0 Å². The monoisotopic (exact) mass is 464 g/mol. The van der Waals surface area contributed by atoms with Gasteiger partial charge in [-0.05, 0) is 44.0 Å². The fourth-order valence-corrected chi connectivity index (χ4v) is 5.60. The lowest BCUT2D eigenvalue weighted by Crippen LogP contribution is -2.54. The largest absolute Gasteiger partial charge is 0.450 e. The van der Waals surface area contributed by atoms with Crippen molar-refractivity contribution >= 4 is 28.5 Å². The van der Waals surface area contributed by atoms with Crippen LogP contribution in [-0.2, 0) is 16.8 Å². The van der Waals surface area contributed by atoms with Crippen molar-refractivity contribution < 1.29 is 14.0 Å². The molecule has 1 spiro atoms. The van der Waals surface area contributed by atoms with Gasteiger partial charge in [0.05, 0.1) is 16.6 Å². The van der Waals surface area contributed by atoms with Crippen LogP contribution >= 0.6 is 0 Å². The molecule has 6 heteroatoms. The van der Waals surface area contributed by atoms with Gasteiger partial charge in [0.15, 0.2) is 11.0 Å². The molecule has 1 unspecified atom stereocenters. The Balaban J connectivity index is 1.65. The fourth-order valence-electron chi connectivity index (χ4n) is 5.60. The van der Waals surface area contributed by atoms with Crippen LogP contribution in [0.5, 0.6) is 0 Å². The van der Waals surface area contributed by atoms with E-state index in [0.717, 1.165) is 11.1 Å². The molecule has 0 saturated heterocycles. The van der Waals surface area contributed by atoms with Gasteiger partial charge in [0.2, 0.25) is 5.76 Å². The summed E-state index contributed by atoms with van der Waals surface area (Å²) in [6, 6.07) is 22.6. The van der Waals surface area contributed by atoms with Crippen LogP contribution in [0.15, 0.2) is 82.0 Å². The van der Waals surface area contributed by atoms with Gasteiger partial charge in [0.25, 0.3) is 11.8 Å². The number of aryl methyl sites for hydroxylation is 1. The highest BCUT2D eigenvalue weighted by atomic mass is 16.3. The minimum Gasteiger partial charge on any atom is -0.450 e. The summed E-state index contributed by atoms with van der Waals surface area (Å²) in [5.74, 6) is -0.766. The third-order valence-electron chi connectivity index (χ3n) is 7.17. The van der Waals surface area contributed by atoms with Crippen molar-refractivity contribution in [2.45, 2.75) is 25.8 Å². The molecule has 4 aromatic rings. The second-order valence-corrected chi connectivity index (χ2v) is 9.10. The Hall–Kier alpha value is -4.19. The predicted molar refractivity (Wildman–Crippen MR) is 134 cm³/mol. The van der Waals surface area contributed by atoms with E-state index in [1.807, 2.05) is 74.5 Å². The quantitative estimate of drug-likeness (QED) is 0.449. The highest BCUT2D eigenvalue weighted by molar-refractivity contribution is 6.17. The highest BCUT2D eigenvalue weighted by Crippen LogP contribution is 2.52. The summed E-state index contributed by atoms with van der Waals surface area (Å²) < 4.78 is 6.09. The number of amides is 2. The van der Waals surface area contributed by atoms with Crippen LogP contribution in [-0.4, -0.2) is 29.8 Å². The maximum atomic E-state index is 14.3. The highest BCUT2D eigenvalue weighted by Gasteiger charge is 2.64. The van der Waals surface area contributed by atoms with Crippen LogP contribution in [0.4, 0.5) is 5.69 Å². The second kappa shape index (κ2) is 7.67. The minimum atomic E-state index is -1.55. The minimum absolute atomic E-state index is 0.0412. The average molecular weight is 465 g/mol. The molecular weight excluding hydrogens is 440 g/mol. The van der Waals surface area contributed by atoms with Crippen LogP contribution in [0.25, 0.3) is 11.0 Å². The molecule has 2 amide bonds. The van der Waals surface area contributed by atoms with Crippen molar-refractivity contribution in [3.63, 3.8) is 0 Å². The van der Waals surface area contributed by atoms with Gasteiger partial charge in [-0.15, -0.1) is 0 Å². The lowest BCUT2D eigenvalue weighted by molar-refractivity contribution is -0.126. The molecule has 3 aromatic carbocycles. The Morgan fingerprint density at radius 3 is 2.43 bits per heavy atom. The number of nitrogens with zero attached hydrogens (tertiary/aromatic N) is 2. The summed E-state index contributed by atoms with van der Waals surface area (Å²) in [5.41, 5.74) is 1.89. The Bertz CT molecular complexity index is 1570. The van der Waals surface area contributed by atoms with Gasteiger partial charge in [-0.3, -0.25) is 14.4 Å². The number of rotatable bonds is 4. The van der Waals surface area contributed by atoms with Gasteiger partial charge in [-0.25, -0.2) is 0 Å². The molecule has 6 nitrogen and oxygen atoms in total. The summed E-state index contributed by atoms with van der Waals surface area (Å²) in [5, 5.41) is 0.376. The van der Waals surface area contributed by atoms with Crippen molar-refractivity contribution in [1.82, 2.24) is 4.90 Å². The van der Waals surface area contributed by atoms with Crippen LogP contribution < -0.4 is 10.3 Å². The summed E-state index contributed by atoms with van der Waals surface area (Å²) in [6.45, 7) is 4.48. The number of hydrogen-bond donors (Lipinski definition) is 0. The van der Waals surface area contributed by atoms with E-state index in [4.69, 9.17) is 4.42 Å². The van der Waals surface area contributed by atoms with Crippen molar-refractivity contribution in [3.8, 4) is 0 Å². The standard InChI is InChI=1S/C29H24N2O4/c1-3-30-22-12-8-7-11-21(22)29(28(30)34)24-25(32)20-17-18(2)13-14-23(20)35-26(24)27(33)31(29)16-15-19-9-5-4-6-10-19/h4-14,17H,3,15-16H2,1-2H3. The molecule has 6 rings (SSSR count). The zero-order chi connectivity index (χ0) is 24.3. The van der Waals surface area contributed by atoms with E-state index < -0.39 is 11.4 Å². The molecule has 1 aromatic heterocycles. The van der Waals surface area contributed by atoms with E-state index in [1.165, 1.54) is 0 Å². The zero-order valence-corrected chi connectivity index (χ0v) is 19.6. The Labute approximate surface area is 202 Å². The molecule has 1 atom stereocenters. The first kappa shape index (κ1) is 21.4. The number of carbonyl (C=O) groups is 2. The molecule has 3 heterocycles. The van der Waals surface area contributed by atoms with E-state index >= 15 is 0 Å². The van der Waals surface area contributed by atoms with Gasteiger partial charge in [0, 0.05) is 18.7 Å². The molecule has 35 heavy (non-hydrogen) atoms. The van der Waals surface area contributed by atoms with E-state index in [-0.39, 0.29) is 29.2 Å². The van der Waals surface area contributed by atoms with E-state index in [2.05, 4.69) is 0 Å². The number of anilines is 1. The van der Waals surface area contributed by atoms with Crippen molar-refractivity contribution in [2.24, 2.45) is 0 Å². The normalized spacial score (nSPS) is 18.6. The van der Waals surface area contributed by atoms with Crippen LogP contribution in [0.1, 0.15) is 39.7 Å². The van der Waals surface area contributed by atoms with Crippen LogP contribution in [0.3, 0.4) is 0 Å². The molecule has 0 fully saturated rings. The van der Waals surface area contributed by atoms with E-state index in [0.29, 0.717) is 35.2 Å². The maximum absolute atomic E-state index is 14.3.